The lowest BCUT2D eigenvalue weighted by atomic mass is 9.96. The van der Waals surface area contributed by atoms with Gasteiger partial charge >= 0.3 is 23.6 Å². The number of piperidine rings is 2. The predicted molar refractivity (Wildman–Crippen MR) is 290 cm³/mol. The molecule has 0 aliphatic carbocycles. The van der Waals surface area contributed by atoms with Crippen LogP contribution in [0.25, 0.3) is 33.4 Å². The Morgan fingerprint density at radius 1 is 0.683 bits per heavy atom. The van der Waals surface area contributed by atoms with Crippen LogP contribution < -0.4 is 36.6 Å². The number of aryl methyl sites for hydroxylation is 1. The first-order chi connectivity index (χ1) is 38.7. The summed E-state index contributed by atoms with van der Waals surface area (Å²) in [6, 6.07) is 0. The standard InChI is InChI=1S/C24H40N8O4.C10H13N5O4.C7H8N4O2.C6H8O7.H2O/c33-15-11-31(12-16-34)23-26-20-19(21(27-23)29-7-3-1-4-8-29)25-24(32(13-17-35)14-18-36)28-22(20)30-9-5-2-6-10-30;11-8-5-9(13-2-12-8)15(3-14-5)10-7(18)6(17)4(1-16)19-10;1-10-5-4(8-3-9-5)6(12)11(2)7(10)13;7-3(8)1-6(13,5(11)12)2-4(9)10;/h33-36H,1-18H2;2-4,6-7,10,16-18H,1H2,(H2,11,12,13);3H,1-2H3,(H,8,9);13H,1-2H2,(H,7,8)(H,9,10)(H,11,12);1H2/t;4-,6-,7-,10-;;;/m.1.../s1. The molecule has 0 amide bonds. The van der Waals surface area contributed by atoms with Gasteiger partial charge in [0.25, 0.3) is 5.56 Å². The number of hydrogen-bond donors (Lipinski definition) is 13. The van der Waals surface area contributed by atoms with Crippen molar-refractivity contribution in [2.45, 2.75) is 81.5 Å². The number of carboxylic acid groups (broad SMARTS) is 3. The van der Waals surface area contributed by atoms with E-state index >= 15 is 0 Å². The molecule has 3 aliphatic rings. The second-order valence-corrected chi connectivity index (χ2v) is 19.0. The number of aliphatic carboxylic acids is 3. The molecule has 35 nitrogen and oxygen atoms in total. The molecule has 0 saturated carbocycles. The lowest BCUT2D eigenvalue weighted by Crippen LogP contribution is -2.42. The zero-order valence-electron chi connectivity index (χ0n) is 45.0. The van der Waals surface area contributed by atoms with Crippen LogP contribution in [0, 0.1) is 0 Å². The van der Waals surface area contributed by atoms with E-state index in [1.165, 1.54) is 48.0 Å². The van der Waals surface area contributed by atoms with Gasteiger partial charge in [-0.1, -0.05) is 0 Å². The van der Waals surface area contributed by atoms with E-state index in [0.717, 1.165) is 68.1 Å². The molecule has 0 bridgehead atoms. The number of nitrogens with zero attached hydrogens (tertiary/aromatic N) is 15. The summed E-state index contributed by atoms with van der Waals surface area (Å²) >= 11 is 0. The van der Waals surface area contributed by atoms with Gasteiger partial charge in [0.1, 0.15) is 46.7 Å². The smallest absolute Gasteiger partial charge is 0.336 e. The van der Waals surface area contributed by atoms with E-state index in [0.29, 0.717) is 71.4 Å². The normalized spacial score (nSPS) is 17.9. The molecular formula is C47H71N17O18. The number of rotatable bonds is 19. The number of nitrogen functional groups attached to an aromatic ring is 1. The van der Waals surface area contributed by atoms with Crippen LogP contribution in [0.2, 0.25) is 0 Å². The highest BCUT2D eigenvalue weighted by Gasteiger charge is 2.44. The number of carboxylic acids is 3. The van der Waals surface area contributed by atoms with Gasteiger partial charge in [0.2, 0.25) is 11.9 Å². The number of hydrogen-bond acceptors (Lipinski definition) is 27. The van der Waals surface area contributed by atoms with Gasteiger partial charge in [0.05, 0.1) is 58.5 Å². The van der Waals surface area contributed by atoms with Gasteiger partial charge in [0, 0.05) is 66.5 Å². The van der Waals surface area contributed by atoms with E-state index in [2.05, 4.69) is 34.7 Å². The van der Waals surface area contributed by atoms with Crippen LogP contribution in [0.1, 0.15) is 57.6 Å². The number of H-pyrrole nitrogens is 1. The first-order valence-corrected chi connectivity index (χ1v) is 25.8. The molecule has 0 spiro atoms. The van der Waals surface area contributed by atoms with Crippen LogP contribution >= 0.6 is 0 Å². The number of nitrogens with two attached hydrogens (primary N) is 1. The summed E-state index contributed by atoms with van der Waals surface area (Å²) in [5.74, 6) is -2.45. The second-order valence-electron chi connectivity index (χ2n) is 19.0. The van der Waals surface area contributed by atoms with Crippen molar-refractivity contribution in [1.82, 2.24) is 58.6 Å². The Labute approximate surface area is 465 Å². The fourth-order valence-corrected chi connectivity index (χ4v) is 9.15. The SMILES string of the molecule is Cn1c(=O)c2[nH]cnc2n(C)c1=O.Nc1ncnc2c1ncn2[C@@H]1O[C@H](CO)[C@@H](O)[C@H]1O.O.O=C(O)CC(O)(CC(=O)O)C(=O)O.OCCN(CCO)c1nc(N2CCCCC2)c2nc(N(CCO)CCO)nc(N3CCCCC3)c2n1. The quantitative estimate of drug-likeness (QED) is 0.0361. The van der Waals surface area contributed by atoms with Crippen LogP contribution in [-0.4, -0.2) is 247 Å². The Kier molecular flexibility index (Phi) is 23.5. The maximum absolute atomic E-state index is 11.4. The van der Waals surface area contributed by atoms with Gasteiger partial charge in [-0.25, -0.2) is 39.5 Å². The molecule has 0 unspecified atom stereocenters. The predicted octanol–water partition coefficient (Wildman–Crippen LogP) is -5.11. The summed E-state index contributed by atoms with van der Waals surface area (Å²) in [4.78, 5) is 99.5. The van der Waals surface area contributed by atoms with Crippen LogP contribution in [0.15, 0.2) is 28.6 Å². The molecular weight excluding hydrogens is 1090 g/mol. The van der Waals surface area contributed by atoms with E-state index < -0.39 is 67.5 Å². The first kappa shape index (κ1) is 64.9. The lowest BCUT2D eigenvalue weighted by Gasteiger charge is -2.33. The largest absolute Gasteiger partial charge is 0.481 e. The fraction of sp³-hybridized carbons (Fsp3) is 0.596. The molecule has 3 fully saturated rings. The Morgan fingerprint density at radius 2 is 1.17 bits per heavy atom. The van der Waals surface area contributed by atoms with E-state index in [-0.39, 0.29) is 49.0 Å². The topological polar surface area (TPSA) is 521 Å². The number of imidazole rings is 2. The first-order valence-electron chi connectivity index (χ1n) is 25.8. The molecule has 3 aliphatic heterocycles. The summed E-state index contributed by atoms with van der Waals surface area (Å²) in [6.07, 6.45) is 4.29. The Hall–Kier alpha value is -7.87. The maximum atomic E-state index is 11.4. The van der Waals surface area contributed by atoms with Crippen molar-refractivity contribution >= 4 is 80.6 Å². The molecule has 0 aromatic carbocycles. The van der Waals surface area contributed by atoms with Gasteiger partial charge in [-0.2, -0.15) is 9.97 Å². The Bertz CT molecular complexity index is 3100. The number of aromatic nitrogens is 12. The maximum Gasteiger partial charge on any atom is 0.336 e. The number of fused-ring (bicyclic) bond motifs is 3. The van der Waals surface area contributed by atoms with Crippen molar-refractivity contribution in [2.24, 2.45) is 14.1 Å². The summed E-state index contributed by atoms with van der Waals surface area (Å²) in [5.41, 5.74) is 5.02. The van der Waals surface area contributed by atoms with Gasteiger partial charge < -0.3 is 96.7 Å². The van der Waals surface area contributed by atoms with Crippen LogP contribution in [0.3, 0.4) is 0 Å². The zero-order chi connectivity index (χ0) is 59.1. The second kappa shape index (κ2) is 29.7. The Morgan fingerprint density at radius 3 is 1.60 bits per heavy atom. The summed E-state index contributed by atoms with van der Waals surface area (Å²) in [6.45, 7) is 3.99. The average molecular weight is 1160 g/mol. The van der Waals surface area contributed by atoms with Crippen molar-refractivity contribution in [2.75, 3.05) is 111 Å². The molecule has 9 rings (SSSR count). The van der Waals surface area contributed by atoms with Crippen LogP contribution in [-0.2, 0) is 33.2 Å². The average Bonchev–Trinajstić information content (AvgIpc) is 2.36. The molecule has 4 atom stereocenters. The number of aliphatic hydroxyl groups is 8. The van der Waals surface area contributed by atoms with E-state index in [1.54, 1.807) is 16.8 Å². The summed E-state index contributed by atoms with van der Waals surface area (Å²) in [7, 11) is 3.01. The van der Waals surface area contributed by atoms with Crippen LogP contribution in [0.4, 0.5) is 29.4 Å². The number of aromatic amines is 1. The van der Waals surface area contributed by atoms with Crippen molar-refractivity contribution in [3.63, 3.8) is 0 Å². The molecule has 6 aromatic rings. The van der Waals surface area contributed by atoms with Crippen molar-refractivity contribution in [3.05, 3.63) is 39.8 Å². The third kappa shape index (κ3) is 15.2. The highest BCUT2D eigenvalue weighted by molar-refractivity contribution is 5.95. The van der Waals surface area contributed by atoms with Crippen LogP contribution in [0.5, 0.6) is 0 Å². The van der Waals surface area contributed by atoms with E-state index in [4.69, 9.17) is 55.9 Å². The zero-order valence-corrected chi connectivity index (χ0v) is 45.0. The van der Waals surface area contributed by atoms with Crippen molar-refractivity contribution in [1.29, 1.82) is 0 Å². The number of anilines is 5. The molecule has 3 saturated heterocycles. The molecule has 0 radical (unpaired) electrons. The number of carbonyl (C=O) groups is 3. The molecule has 16 N–H and O–H groups in total. The lowest BCUT2D eigenvalue weighted by molar-refractivity contribution is -0.170. The monoisotopic (exact) mass is 1160 g/mol. The van der Waals surface area contributed by atoms with Crippen molar-refractivity contribution < 1.29 is 80.8 Å². The molecule has 9 heterocycles. The fourth-order valence-electron chi connectivity index (χ4n) is 9.15. The third-order valence-electron chi connectivity index (χ3n) is 13.3. The Balaban J connectivity index is 0.000000223. The van der Waals surface area contributed by atoms with Gasteiger partial charge in [-0.05, 0) is 38.5 Å². The molecule has 35 heteroatoms. The molecule has 6 aromatic heterocycles. The van der Waals surface area contributed by atoms with Gasteiger partial charge in [-0.3, -0.25) is 28.1 Å². The number of nitrogens with one attached hydrogen (secondary N) is 1. The third-order valence-corrected chi connectivity index (χ3v) is 13.3. The highest BCUT2D eigenvalue weighted by Crippen LogP contribution is 2.35. The minimum Gasteiger partial charge on any atom is -0.481 e. The number of ether oxygens (including phenoxy) is 1. The number of aliphatic hydroxyl groups excluding tert-OH is 7. The minimum absolute atomic E-state index is 0. The highest BCUT2D eigenvalue weighted by atomic mass is 16.6. The van der Waals surface area contributed by atoms with E-state index in [1.807, 2.05) is 0 Å². The van der Waals surface area contributed by atoms with Crippen molar-refractivity contribution in [3.8, 4) is 0 Å². The molecule has 452 valence electrons. The minimum atomic E-state index is -2.74. The van der Waals surface area contributed by atoms with Gasteiger partial charge in [-0.15, -0.1) is 0 Å². The van der Waals surface area contributed by atoms with Gasteiger partial charge in [0.15, 0.2) is 40.6 Å². The summed E-state index contributed by atoms with van der Waals surface area (Å²) < 4.78 is 9.22. The van der Waals surface area contributed by atoms with E-state index in [9.17, 15) is 54.6 Å². The molecule has 82 heavy (non-hydrogen) atoms. The summed E-state index contributed by atoms with van der Waals surface area (Å²) in [5, 5.41) is 101.